The van der Waals surface area contributed by atoms with Crippen LogP contribution in [-0.2, 0) is 9.59 Å². The molecular weight excluding hydrogens is 362 g/mol. The van der Waals surface area contributed by atoms with E-state index in [0.717, 1.165) is 16.9 Å². The molecule has 5 nitrogen and oxygen atoms in total. The predicted octanol–water partition coefficient (Wildman–Crippen LogP) is 2.37. The van der Waals surface area contributed by atoms with E-state index in [2.05, 4.69) is 10.6 Å². The van der Waals surface area contributed by atoms with Crippen LogP contribution in [0.15, 0.2) is 48.5 Å². The summed E-state index contributed by atoms with van der Waals surface area (Å²) >= 11 is 5.83. The van der Waals surface area contributed by atoms with Crippen molar-refractivity contribution in [3.05, 3.63) is 64.7 Å². The SMILES string of the molecule is CC[C@@H](NC(=O)C[NH+](C)CC(=O)Nc1ccc(Cl)cc1)c1ccc(C)cc1. The molecule has 144 valence electrons. The Morgan fingerprint density at radius 1 is 1.00 bits per heavy atom. The fourth-order valence-corrected chi connectivity index (χ4v) is 2.94. The normalized spacial score (nSPS) is 12.9. The Morgan fingerprint density at radius 2 is 1.59 bits per heavy atom. The number of nitrogens with one attached hydrogen (secondary N) is 3. The van der Waals surface area contributed by atoms with Crippen LogP contribution in [0.1, 0.15) is 30.5 Å². The second kappa shape index (κ2) is 10.1. The van der Waals surface area contributed by atoms with Gasteiger partial charge in [0.2, 0.25) is 0 Å². The highest BCUT2D eigenvalue weighted by Gasteiger charge is 2.18. The van der Waals surface area contributed by atoms with Crippen LogP contribution in [0.4, 0.5) is 5.69 Å². The molecule has 0 radical (unpaired) electrons. The second-order valence-electron chi connectivity index (χ2n) is 6.80. The van der Waals surface area contributed by atoms with Crippen molar-refractivity contribution in [2.75, 3.05) is 25.5 Å². The van der Waals surface area contributed by atoms with Crippen LogP contribution in [0.5, 0.6) is 0 Å². The highest BCUT2D eigenvalue weighted by atomic mass is 35.5. The Balaban J connectivity index is 1.82. The first kappa shape index (κ1) is 20.9. The average molecular weight is 389 g/mol. The molecule has 2 aromatic carbocycles. The van der Waals surface area contributed by atoms with E-state index in [0.29, 0.717) is 10.7 Å². The number of carbonyl (C=O) groups is 2. The summed E-state index contributed by atoms with van der Waals surface area (Å²) in [4.78, 5) is 25.3. The van der Waals surface area contributed by atoms with E-state index in [1.165, 1.54) is 5.56 Å². The van der Waals surface area contributed by atoms with E-state index < -0.39 is 0 Å². The topological polar surface area (TPSA) is 62.6 Å². The van der Waals surface area contributed by atoms with E-state index >= 15 is 0 Å². The van der Waals surface area contributed by atoms with Crippen molar-refractivity contribution in [2.45, 2.75) is 26.3 Å². The van der Waals surface area contributed by atoms with Crippen molar-refractivity contribution in [2.24, 2.45) is 0 Å². The Labute approximate surface area is 165 Å². The summed E-state index contributed by atoms with van der Waals surface area (Å²) in [5.41, 5.74) is 2.97. The van der Waals surface area contributed by atoms with Crippen molar-refractivity contribution in [3.63, 3.8) is 0 Å². The Hall–Kier alpha value is -2.37. The minimum Gasteiger partial charge on any atom is -0.344 e. The number of hydrogen-bond donors (Lipinski definition) is 3. The molecule has 0 aliphatic carbocycles. The molecule has 2 atom stereocenters. The summed E-state index contributed by atoms with van der Waals surface area (Å²) < 4.78 is 0. The van der Waals surface area contributed by atoms with E-state index in [1.54, 1.807) is 24.3 Å². The highest BCUT2D eigenvalue weighted by molar-refractivity contribution is 6.30. The molecule has 3 N–H and O–H groups in total. The van der Waals surface area contributed by atoms with Crippen LogP contribution in [0.2, 0.25) is 5.02 Å². The standard InChI is InChI=1S/C21H26ClN3O2/c1-4-19(16-7-5-15(2)6-8-16)24-21(27)14-25(3)13-20(26)23-18-11-9-17(22)10-12-18/h5-12,19H,4,13-14H2,1-3H3,(H,23,26)(H,24,27)/p+1/t19-/m1/s1. The monoisotopic (exact) mass is 388 g/mol. The summed E-state index contributed by atoms with van der Waals surface area (Å²) in [6.07, 6.45) is 0.810. The van der Waals surface area contributed by atoms with E-state index in [4.69, 9.17) is 11.6 Å². The Morgan fingerprint density at radius 3 is 2.19 bits per heavy atom. The number of hydrogen-bond acceptors (Lipinski definition) is 2. The summed E-state index contributed by atoms with van der Waals surface area (Å²) in [7, 11) is 1.83. The molecular formula is C21H27ClN3O2+. The molecule has 0 aliphatic rings. The number of carbonyl (C=O) groups excluding carboxylic acids is 2. The van der Waals surface area contributed by atoms with Gasteiger partial charge in [-0.1, -0.05) is 48.4 Å². The zero-order valence-electron chi connectivity index (χ0n) is 16.0. The zero-order chi connectivity index (χ0) is 19.8. The first-order valence-electron chi connectivity index (χ1n) is 9.10. The molecule has 0 saturated carbocycles. The van der Waals surface area contributed by atoms with Gasteiger partial charge < -0.3 is 15.5 Å². The zero-order valence-corrected chi connectivity index (χ0v) is 16.8. The molecule has 0 spiro atoms. The van der Waals surface area contributed by atoms with Gasteiger partial charge in [-0.25, -0.2) is 0 Å². The third kappa shape index (κ3) is 7.04. The number of halogens is 1. The molecule has 1 unspecified atom stereocenters. The number of rotatable bonds is 8. The Bertz CT molecular complexity index is 760. The molecule has 0 fully saturated rings. The minimum absolute atomic E-state index is 0.0196. The van der Waals surface area contributed by atoms with E-state index in [-0.39, 0.29) is 30.9 Å². The van der Waals surface area contributed by atoms with Crippen LogP contribution in [0.25, 0.3) is 0 Å². The fraction of sp³-hybridized carbons (Fsp3) is 0.333. The van der Waals surface area contributed by atoms with Crippen LogP contribution < -0.4 is 15.5 Å². The molecule has 0 aliphatic heterocycles. The maximum absolute atomic E-state index is 12.4. The summed E-state index contributed by atoms with van der Waals surface area (Å²) in [6, 6.07) is 15.1. The number of quaternary nitrogens is 1. The number of aryl methyl sites for hydroxylation is 1. The first-order chi connectivity index (χ1) is 12.9. The van der Waals surface area contributed by atoms with Gasteiger partial charge in [0.1, 0.15) is 0 Å². The van der Waals surface area contributed by atoms with Gasteiger partial charge in [-0.3, -0.25) is 9.59 Å². The van der Waals surface area contributed by atoms with E-state index in [9.17, 15) is 9.59 Å². The van der Waals surface area contributed by atoms with Crippen LogP contribution >= 0.6 is 11.6 Å². The molecule has 0 saturated heterocycles. The van der Waals surface area contributed by atoms with Crippen molar-refractivity contribution < 1.29 is 14.5 Å². The third-order valence-electron chi connectivity index (χ3n) is 4.28. The lowest BCUT2D eigenvalue weighted by molar-refractivity contribution is -0.862. The van der Waals surface area contributed by atoms with Crippen molar-refractivity contribution in [1.82, 2.24) is 5.32 Å². The lowest BCUT2D eigenvalue weighted by atomic mass is 10.0. The lowest BCUT2D eigenvalue weighted by Crippen LogP contribution is -3.11. The molecule has 2 amide bonds. The van der Waals surface area contributed by atoms with Gasteiger partial charge in [-0.15, -0.1) is 0 Å². The maximum atomic E-state index is 12.4. The quantitative estimate of drug-likeness (QED) is 0.650. The first-order valence-corrected chi connectivity index (χ1v) is 9.47. The Kier molecular flexibility index (Phi) is 7.82. The van der Waals surface area contributed by atoms with Crippen LogP contribution in [-0.4, -0.2) is 32.0 Å². The summed E-state index contributed by atoms with van der Waals surface area (Å²) in [5, 5.41) is 6.48. The van der Waals surface area contributed by atoms with Crippen LogP contribution in [0.3, 0.4) is 0 Å². The van der Waals surface area contributed by atoms with Gasteiger partial charge in [0.25, 0.3) is 11.8 Å². The molecule has 0 aromatic heterocycles. The number of benzene rings is 2. The van der Waals surface area contributed by atoms with Gasteiger partial charge >= 0.3 is 0 Å². The molecule has 0 bridgehead atoms. The number of likely N-dealkylation sites (N-methyl/N-ethyl adjacent to an activating group) is 1. The van der Waals surface area contributed by atoms with E-state index in [1.807, 2.05) is 45.2 Å². The number of anilines is 1. The fourth-order valence-electron chi connectivity index (χ4n) is 2.81. The molecule has 6 heteroatoms. The van der Waals surface area contributed by atoms with Gasteiger partial charge in [-0.05, 0) is 43.2 Å². The molecule has 2 rings (SSSR count). The highest BCUT2D eigenvalue weighted by Crippen LogP contribution is 2.16. The van der Waals surface area contributed by atoms with Gasteiger partial charge in [0.15, 0.2) is 13.1 Å². The van der Waals surface area contributed by atoms with Crippen molar-refractivity contribution in [1.29, 1.82) is 0 Å². The number of amides is 2. The van der Waals surface area contributed by atoms with Gasteiger partial charge in [-0.2, -0.15) is 0 Å². The predicted molar refractivity (Wildman–Crippen MR) is 109 cm³/mol. The lowest BCUT2D eigenvalue weighted by Gasteiger charge is -2.19. The maximum Gasteiger partial charge on any atom is 0.279 e. The average Bonchev–Trinajstić information content (AvgIpc) is 2.62. The third-order valence-corrected chi connectivity index (χ3v) is 4.53. The van der Waals surface area contributed by atoms with Crippen LogP contribution in [0, 0.1) is 6.92 Å². The van der Waals surface area contributed by atoms with Gasteiger partial charge in [0, 0.05) is 10.7 Å². The van der Waals surface area contributed by atoms with Gasteiger partial charge in [0.05, 0.1) is 13.1 Å². The molecule has 0 heterocycles. The van der Waals surface area contributed by atoms with Crippen molar-refractivity contribution in [3.8, 4) is 0 Å². The summed E-state index contributed by atoms with van der Waals surface area (Å²) in [6.45, 7) is 4.52. The molecule has 2 aromatic rings. The molecule has 27 heavy (non-hydrogen) atoms. The van der Waals surface area contributed by atoms with Crippen molar-refractivity contribution >= 4 is 29.1 Å². The second-order valence-corrected chi connectivity index (χ2v) is 7.24. The minimum atomic E-state index is -0.145. The summed E-state index contributed by atoms with van der Waals surface area (Å²) in [5.74, 6) is -0.215. The smallest absolute Gasteiger partial charge is 0.279 e. The largest absolute Gasteiger partial charge is 0.344 e.